The average molecular weight is 243 g/mol. The van der Waals surface area contributed by atoms with Crippen molar-refractivity contribution in [3.8, 4) is 0 Å². The first-order chi connectivity index (χ1) is 7.41. The summed E-state index contributed by atoms with van der Waals surface area (Å²) in [7, 11) is 1.97. The molecule has 0 aromatic carbocycles. The predicted octanol–water partition coefficient (Wildman–Crippen LogP) is 2.58. The fraction of sp³-hybridized carbons (Fsp3) is 0.636. The Bertz CT molecular complexity index is 354. The molecule has 1 heterocycles. The third-order valence-corrected chi connectivity index (χ3v) is 2.82. The summed E-state index contributed by atoms with van der Waals surface area (Å²) < 4.78 is 0. The Balaban J connectivity index is 2.86. The quantitative estimate of drug-likeness (QED) is 0.882. The molecule has 0 radical (unpaired) electrons. The van der Waals surface area contributed by atoms with Gasteiger partial charge in [-0.05, 0) is 19.3 Å². The molecule has 0 amide bonds. The molecule has 1 aromatic rings. The zero-order valence-corrected chi connectivity index (χ0v) is 11.0. The van der Waals surface area contributed by atoms with Crippen LogP contribution in [0.3, 0.4) is 0 Å². The van der Waals surface area contributed by atoms with Gasteiger partial charge in [-0.25, -0.2) is 4.98 Å². The van der Waals surface area contributed by atoms with E-state index in [2.05, 4.69) is 30.7 Å². The van der Waals surface area contributed by atoms with Crippen LogP contribution in [0.25, 0.3) is 0 Å². The van der Waals surface area contributed by atoms with Crippen molar-refractivity contribution in [3.63, 3.8) is 0 Å². The first-order valence-electron chi connectivity index (χ1n) is 5.42. The Hall–Kier alpha value is -1.03. The molecule has 1 unspecified atom stereocenters. The van der Waals surface area contributed by atoms with E-state index in [0.29, 0.717) is 22.8 Å². The van der Waals surface area contributed by atoms with Crippen LogP contribution in [-0.4, -0.2) is 23.1 Å². The summed E-state index contributed by atoms with van der Waals surface area (Å²) in [5.41, 5.74) is 5.56. The van der Waals surface area contributed by atoms with Crippen molar-refractivity contribution in [2.45, 2.75) is 33.2 Å². The average Bonchev–Trinajstić information content (AvgIpc) is 2.19. The van der Waals surface area contributed by atoms with Crippen LogP contribution in [-0.2, 0) is 0 Å². The van der Waals surface area contributed by atoms with Crippen molar-refractivity contribution in [1.29, 1.82) is 0 Å². The lowest BCUT2D eigenvalue weighted by atomic mass is 10.0. The number of nitrogens with two attached hydrogens (primary N) is 1. The van der Waals surface area contributed by atoms with Crippen molar-refractivity contribution in [2.75, 3.05) is 17.7 Å². The van der Waals surface area contributed by atoms with E-state index in [9.17, 15) is 0 Å². The second kappa shape index (κ2) is 5.34. The second-order valence-corrected chi connectivity index (χ2v) is 4.90. The largest absolute Gasteiger partial charge is 0.368 e. The molecule has 90 valence electrons. The van der Waals surface area contributed by atoms with E-state index in [1.807, 2.05) is 11.9 Å². The van der Waals surface area contributed by atoms with Gasteiger partial charge in [-0.3, -0.25) is 0 Å². The maximum absolute atomic E-state index is 6.05. The Kier molecular flexibility index (Phi) is 4.35. The minimum atomic E-state index is 0.253. The number of nitrogen functional groups attached to an aromatic ring is 1. The molecule has 1 atom stereocenters. The summed E-state index contributed by atoms with van der Waals surface area (Å²) in [4.78, 5) is 10.1. The fourth-order valence-corrected chi connectivity index (χ4v) is 1.89. The summed E-state index contributed by atoms with van der Waals surface area (Å²) in [5, 5.41) is 0.535. The van der Waals surface area contributed by atoms with Crippen LogP contribution in [0.4, 0.5) is 11.8 Å². The highest BCUT2D eigenvalue weighted by molar-refractivity contribution is 6.32. The SMILES string of the molecule is CC(C)CC(C)N(C)c1nc(N)ncc1Cl. The number of hydrogen-bond donors (Lipinski definition) is 1. The lowest BCUT2D eigenvalue weighted by Crippen LogP contribution is -2.31. The zero-order chi connectivity index (χ0) is 12.3. The molecule has 0 aliphatic heterocycles. The number of halogens is 1. The normalized spacial score (nSPS) is 12.9. The monoisotopic (exact) mass is 242 g/mol. The molecule has 0 saturated carbocycles. The number of aromatic nitrogens is 2. The Morgan fingerprint density at radius 2 is 2.06 bits per heavy atom. The van der Waals surface area contributed by atoms with Crippen LogP contribution in [0.2, 0.25) is 5.02 Å². The molecule has 4 nitrogen and oxygen atoms in total. The molecular formula is C11H19ClN4. The molecular weight excluding hydrogens is 224 g/mol. The molecule has 0 saturated heterocycles. The van der Waals surface area contributed by atoms with E-state index in [1.54, 1.807) is 0 Å². The first-order valence-corrected chi connectivity index (χ1v) is 5.80. The highest BCUT2D eigenvalue weighted by Gasteiger charge is 2.16. The van der Waals surface area contributed by atoms with E-state index >= 15 is 0 Å². The molecule has 5 heteroatoms. The van der Waals surface area contributed by atoms with Gasteiger partial charge in [0.25, 0.3) is 0 Å². The maximum atomic E-state index is 6.05. The van der Waals surface area contributed by atoms with Crippen LogP contribution in [0.5, 0.6) is 0 Å². The van der Waals surface area contributed by atoms with Crippen molar-refractivity contribution >= 4 is 23.4 Å². The standard InChI is InChI=1S/C11H19ClN4/c1-7(2)5-8(3)16(4)10-9(12)6-14-11(13)15-10/h6-8H,5H2,1-4H3,(H2,13,14,15). The van der Waals surface area contributed by atoms with Gasteiger partial charge in [0, 0.05) is 13.1 Å². The molecule has 0 bridgehead atoms. The lowest BCUT2D eigenvalue weighted by Gasteiger charge is -2.27. The highest BCUT2D eigenvalue weighted by Crippen LogP contribution is 2.25. The van der Waals surface area contributed by atoms with Gasteiger partial charge in [0.15, 0.2) is 5.82 Å². The maximum Gasteiger partial charge on any atom is 0.222 e. The van der Waals surface area contributed by atoms with Gasteiger partial charge in [0.1, 0.15) is 5.02 Å². The minimum absolute atomic E-state index is 0.253. The van der Waals surface area contributed by atoms with Crippen molar-refractivity contribution in [1.82, 2.24) is 9.97 Å². The van der Waals surface area contributed by atoms with Gasteiger partial charge >= 0.3 is 0 Å². The van der Waals surface area contributed by atoms with E-state index in [0.717, 1.165) is 6.42 Å². The van der Waals surface area contributed by atoms with E-state index in [1.165, 1.54) is 6.20 Å². The summed E-state index contributed by atoms with van der Waals surface area (Å²) in [5.74, 6) is 1.58. The van der Waals surface area contributed by atoms with Gasteiger partial charge in [0.05, 0.1) is 6.20 Å². The summed E-state index contributed by atoms with van der Waals surface area (Å²) in [6.45, 7) is 6.54. The number of hydrogen-bond acceptors (Lipinski definition) is 4. The Morgan fingerprint density at radius 3 is 2.62 bits per heavy atom. The van der Waals surface area contributed by atoms with Crippen LogP contribution in [0, 0.1) is 5.92 Å². The van der Waals surface area contributed by atoms with Gasteiger partial charge in [-0.2, -0.15) is 4.98 Å². The number of nitrogens with zero attached hydrogens (tertiary/aromatic N) is 3. The third-order valence-electron chi connectivity index (χ3n) is 2.55. The molecule has 0 aliphatic rings. The van der Waals surface area contributed by atoms with Crippen LogP contribution in [0.1, 0.15) is 27.2 Å². The number of anilines is 2. The van der Waals surface area contributed by atoms with Crippen molar-refractivity contribution in [2.24, 2.45) is 5.92 Å². The summed E-state index contributed by atoms with van der Waals surface area (Å²) in [6.07, 6.45) is 2.62. The van der Waals surface area contributed by atoms with Crippen LogP contribution < -0.4 is 10.6 Å². The summed E-state index contributed by atoms with van der Waals surface area (Å²) >= 11 is 6.05. The smallest absolute Gasteiger partial charge is 0.222 e. The van der Waals surface area contributed by atoms with Crippen molar-refractivity contribution < 1.29 is 0 Å². The van der Waals surface area contributed by atoms with Crippen molar-refractivity contribution in [3.05, 3.63) is 11.2 Å². The van der Waals surface area contributed by atoms with E-state index in [4.69, 9.17) is 17.3 Å². The second-order valence-electron chi connectivity index (χ2n) is 4.49. The molecule has 0 fully saturated rings. The topological polar surface area (TPSA) is 55.0 Å². The van der Waals surface area contributed by atoms with Gasteiger partial charge in [0.2, 0.25) is 5.95 Å². The van der Waals surface area contributed by atoms with Gasteiger partial charge in [-0.15, -0.1) is 0 Å². The lowest BCUT2D eigenvalue weighted by molar-refractivity contribution is 0.502. The molecule has 16 heavy (non-hydrogen) atoms. The molecule has 2 N–H and O–H groups in total. The van der Waals surface area contributed by atoms with Gasteiger partial charge < -0.3 is 10.6 Å². The highest BCUT2D eigenvalue weighted by atomic mass is 35.5. The van der Waals surface area contributed by atoms with Crippen LogP contribution >= 0.6 is 11.6 Å². The Morgan fingerprint density at radius 1 is 1.44 bits per heavy atom. The van der Waals surface area contributed by atoms with Crippen LogP contribution in [0.15, 0.2) is 6.20 Å². The molecule has 0 aliphatic carbocycles. The molecule has 0 spiro atoms. The van der Waals surface area contributed by atoms with Gasteiger partial charge in [-0.1, -0.05) is 25.4 Å². The first kappa shape index (κ1) is 13.0. The molecule has 1 rings (SSSR count). The third kappa shape index (κ3) is 3.23. The number of rotatable bonds is 4. The minimum Gasteiger partial charge on any atom is -0.368 e. The predicted molar refractivity (Wildman–Crippen MR) is 68.8 cm³/mol. The summed E-state index contributed by atoms with van der Waals surface area (Å²) in [6, 6.07) is 0.367. The van der Waals surface area contributed by atoms with E-state index in [-0.39, 0.29) is 5.95 Å². The van der Waals surface area contributed by atoms with E-state index < -0.39 is 0 Å². The fourth-order valence-electron chi connectivity index (χ4n) is 1.67. The zero-order valence-electron chi connectivity index (χ0n) is 10.2. The Labute approximate surface area is 102 Å². The molecule has 1 aromatic heterocycles.